The van der Waals surface area contributed by atoms with Gasteiger partial charge >= 0.3 is 0 Å². The molecule has 0 heterocycles. The second kappa shape index (κ2) is 21.1. The third-order valence-corrected chi connectivity index (χ3v) is 10.5. The highest BCUT2D eigenvalue weighted by atomic mass is 14.2. The van der Waals surface area contributed by atoms with Gasteiger partial charge in [0.15, 0.2) is 0 Å². The van der Waals surface area contributed by atoms with E-state index in [9.17, 15) is 0 Å². The van der Waals surface area contributed by atoms with E-state index >= 15 is 0 Å². The Morgan fingerprint density at radius 1 is 0.258 bits per heavy atom. The van der Waals surface area contributed by atoms with Crippen molar-refractivity contribution in [2.45, 2.75) is 109 Å². The maximum absolute atomic E-state index is 2.31. The quantitative estimate of drug-likeness (QED) is 0.152. The van der Waals surface area contributed by atoms with Crippen molar-refractivity contribution < 1.29 is 0 Å². The lowest BCUT2D eigenvalue weighted by atomic mass is 9.84. The van der Waals surface area contributed by atoms with E-state index in [-0.39, 0.29) is 0 Å². The highest BCUT2D eigenvalue weighted by Crippen LogP contribution is 2.33. The molecule has 0 radical (unpaired) electrons. The van der Waals surface area contributed by atoms with E-state index < -0.39 is 0 Å². The standard InChI is InChI=1S/C19H20.C17H20.C15H18.C11H16/c1-19(2,3)13-18-16-10-6-4-8-14(16)12-15-9-5-7-11-17(15)18;1-17(2,3)13-14-9-11-16(12-10-14)15-7-5-4-6-8-15;1-15(2,3)11-12-8-9-13-6-4-5-7-14(13)10-12;1-11(2,3)9-10-7-5-4-6-8-10/h4-12H,13H2,1-3H3;4-12H,13H2,1-3H3;4-10H,11H2,1-3H3;4-8H,9H2,1-3H3. The predicted molar refractivity (Wildman–Crippen MR) is 276 cm³/mol. The van der Waals surface area contributed by atoms with Gasteiger partial charge in [0.25, 0.3) is 0 Å². The Morgan fingerprint density at radius 3 is 1.10 bits per heavy atom. The van der Waals surface area contributed by atoms with Crippen LogP contribution in [0.3, 0.4) is 0 Å². The molecule has 0 fully saturated rings. The number of hydrogen-bond donors (Lipinski definition) is 0. The summed E-state index contributed by atoms with van der Waals surface area (Å²) in [5.74, 6) is 0. The van der Waals surface area contributed by atoms with Crippen LogP contribution in [0.5, 0.6) is 0 Å². The Balaban J connectivity index is 0.000000159. The molecule has 0 bridgehead atoms. The van der Waals surface area contributed by atoms with Crippen molar-refractivity contribution in [3.05, 3.63) is 204 Å². The molecule has 322 valence electrons. The van der Waals surface area contributed by atoms with Crippen molar-refractivity contribution >= 4 is 32.3 Å². The van der Waals surface area contributed by atoms with Gasteiger partial charge in [-0.05, 0) is 119 Å². The zero-order valence-electron chi connectivity index (χ0n) is 40.1. The monoisotopic (exact) mass is 819 g/mol. The normalized spacial score (nSPS) is 11.8. The molecule has 0 aliphatic heterocycles. The van der Waals surface area contributed by atoms with Crippen molar-refractivity contribution in [2.75, 3.05) is 0 Å². The highest BCUT2D eigenvalue weighted by molar-refractivity contribution is 6.02. The Hall–Kier alpha value is -5.46. The molecule has 0 amide bonds. The van der Waals surface area contributed by atoms with Crippen molar-refractivity contribution in [3.8, 4) is 11.1 Å². The maximum Gasteiger partial charge on any atom is -0.0145 e. The minimum absolute atomic E-state index is 0.299. The van der Waals surface area contributed by atoms with Crippen LogP contribution in [-0.2, 0) is 25.7 Å². The lowest BCUT2D eigenvalue weighted by Gasteiger charge is -2.21. The third-order valence-electron chi connectivity index (χ3n) is 10.5. The first-order valence-corrected chi connectivity index (χ1v) is 22.8. The van der Waals surface area contributed by atoms with Crippen LogP contribution >= 0.6 is 0 Å². The molecule has 0 saturated heterocycles. The molecular weight excluding hydrogens is 745 g/mol. The first-order valence-electron chi connectivity index (χ1n) is 22.8. The van der Waals surface area contributed by atoms with Crippen LogP contribution in [-0.4, -0.2) is 0 Å². The van der Waals surface area contributed by atoms with Crippen LogP contribution in [0.1, 0.15) is 105 Å². The van der Waals surface area contributed by atoms with Crippen LogP contribution < -0.4 is 0 Å². The molecule has 0 atom stereocenters. The summed E-state index contributed by atoms with van der Waals surface area (Å²) >= 11 is 0. The van der Waals surface area contributed by atoms with Gasteiger partial charge < -0.3 is 0 Å². The summed E-state index contributed by atoms with van der Waals surface area (Å²) in [5, 5.41) is 8.17. The molecule has 0 heteroatoms. The van der Waals surface area contributed by atoms with Gasteiger partial charge in [-0.25, -0.2) is 0 Å². The fourth-order valence-corrected chi connectivity index (χ4v) is 8.06. The van der Waals surface area contributed by atoms with Gasteiger partial charge in [0.2, 0.25) is 0 Å². The lowest BCUT2D eigenvalue weighted by molar-refractivity contribution is 0.411. The van der Waals surface area contributed by atoms with E-state index in [4.69, 9.17) is 0 Å². The van der Waals surface area contributed by atoms with Gasteiger partial charge in [0.05, 0.1) is 0 Å². The van der Waals surface area contributed by atoms with Gasteiger partial charge in [0, 0.05) is 0 Å². The largest absolute Gasteiger partial charge is 0.0622 e. The van der Waals surface area contributed by atoms with Crippen LogP contribution in [0.2, 0.25) is 0 Å². The Morgan fingerprint density at radius 2 is 0.613 bits per heavy atom. The minimum Gasteiger partial charge on any atom is -0.0622 e. The van der Waals surface area contributed by atoms with Gasteiger partial charge in [-0.1, -0.05) is 259 Å². The highest BCUT2D eigenvalue weighted by Gasteiger charge is 2.16. The fourth-order valence-electron chi connectivity index (χ4n) is 8.06. The van der Waals surface area contributed by atoms with Crippen LogP contribution in [0.25, 0.3) is 43.4 Å². The predicted octanol–water partition coefficient (Wildman–Crippen LogP) is 18.2. The van der Waals surface area contributed by atoms with Crippen LogP contribution in [0, 0.1) is 21.7 Å². The van der Waals surface area contributed by atoms with E-state index in [0.29, 0.717) is 21.7 Å². The fraction of sp³-hybridized carbons (Fsp3) is 0.323. The zero-order valence-corrected chi connectivity index (χ0v) is 40.1. The molecule has 8 aromatic carbocycles. The molecular formula is C62H74. The Bertz CT molecular complexity index is 2510. The van der Waals surface area contributed by atoms with E-state index in [0.717, 1.165) is 25.7 Å². The molecule has 0 nitrogen and oxygen atoms in total. The molecule has 0 N–H and O–H groups in total. The van der Waals surface area contributed by atoms with Gasteiger partial charge in [-0.15, -0.1) is 0 Å². The molecule has 62 heavy (non-hydrogen) atoms. The first-order chi connectivity index (χ1) is 29.2. The lowest BCUT2D eigenvalue weighted by Crippen LogP contribution is -2.10. The minimum atomic E-state index is 0.299. The summed E-state index contributed by atoms with van der Waals surface area (Å²) in [7, 11) is 0. The van der Waals surface area contributed by atoms with E-state index in [1.165, 1.54) is 65.7 Å². The molecule has 0 aromatic heterocycles. The smallest absolute Gasteiger partial charge is 0.0145 e. The molecule has 8 rings (SSSR count). The van der Waals surface area contributed by atoms with Crippen molar-refractivity contribution in [1.82, 2.24) is 0 Å². The second-order valence-electron chi connectivity index (χ2n) is 22.0. The molecule has 0 aliphatic rings. The molecule has 0 aliphatic carbocycles. The third kappa shape index (κ3) is 16.1. The van der Waals surface area contributed by atoms with Crippen molar-refractivity contribution in [1.29, 1.82) is 0 Å². The summed E-state index contributed by atoms with van der Waals surface area (Å²) in [6.07, 6.45) is 4.53. The van der Waals surface area contributed by atoms with Gasteiger partial charge in [-0.3, -0.25) is 0 Å². The Labute approximate surface area is 376 Å². The second-order valence-corrected chi connectivity index (χ2v) is 22.0. The summed E-state index contributed by atoms with van der Waals surface area (Å²) in [6.45, 7) is 27.4. The number of benzene rings is 8. The van der Waals surface area contributed by atoms with E-state index in [1.807, 2.05) is 0 Å². The molecule has 0 unspecified atom stereocenters. The SMILES string of the molecule is CC(C)(C)Cc1c2ccccc2cc2ccccc12.CC(C)(C)Cc1ccc(-c2ccccc2)cc1.CC(C)(C)Cc1ccc2ccccc2c1.CC(C)(C)Cc1ccccc1. The summed E-state index contributed by atoms with van der Waals surface area (Å²) in [5.41, 5.74) is 9.77. The topological polar surface area (TPSA) is 0 Å². The molecule has 0 saturated carbocycles. The average Bonchev–Trinajstić information content (AvgIpc) is 3.20. The number of hydrogen-bond acceptors (Lipinski definition) is 0. The van der Waals surface area contributed by atoms with Crippen molar-refractivity contribution in [3.63, 3.8) is 0 Å². The summed E-state index contributed by atoms with van der Waals surface area (Å²) in [6, 6.07) is 65.1. The van der Waals surface area contributed by atoms with E-state index in [1.54, 1.807) is 0 Å². The maximum atomic E-state index is 2.31. The number of fused-ring (bicyclic) bond motifs is 3. The van der Waals surface area contributed by atoms with Gasteiger partial charge in [-0.2, -0.15) is 0 Å². The summed E-state index contributed by atoms with van der Waals surface area (Å²) in [4.78, 5) is 0. The van der Waals surface area contributed by atoms with Gasteiger partial charge in [0.1, 0.15) is 0 Å². The van der Waals surface area contributed by atoms with Crippen molar-refractivity contribution in [2.24, 2.45) is 21.7 Å². The first kappa shape index (κ1) is 47.6. The van der Waals surface area contributed by atoms with E-state index in [2.05, 4.69) is 265 Å². The average molecular weight is 819 g/mol. The molecule has 0 spiro atoms. The zero-order chi connectivity index (χ0) is 45.0. The van der Waals surface area contributed by atoms with Crippen LogP contribution in [0.4, 0.5) is 0 Å². The molecule has 8 aromatic rings. The number of rotatable bonds is 5. The summed E-state index contributed by atoms with van der Waals surface area (Å²) < 4.78 is 0. The van der Waals surface area contributed by atoms with Crippen LogP contribution in [0.15, 0.2) is 182 Å². The Kier molecular flexibility index (Phi) is 16.2.